The average Bonchev–Trinajstić information content (AvgIpc) is 2.84. The number of aromatic amines is 1. The third-order valence-electron chi connectivity index (χ3n) is 5.48. The fraction of sp³-hybridized carbons (Fsp3) is 0.115. The number of benzene rings is 3. The van der Waals surface area contributed by atoms with Crippen LogP contribution in [-0.4, -0.2) is 36.4 Å². The number of aromatic nitrogens is 2. The van der Waals surface area contributed by atoms with Crippen molar-refractivity contribution in [2.45, 2.75) is 18.7 Å². The molecule has 3 aromatic carbocycles. The highest BCUT2D eigenvalue weighted by Gasteiger charge is 2.18. The van der Waals surface area contributed by atoms with Crippen molar-refractivity contribution in [1.82, 2.24) is 9.55 Å². The van der Waals surface area contributed by atoms with Gasteiger partial charge in [-0.3, -0.25) is 19.5 Å². The first kappa shape index (κ1) is 25.5. The number of nitrogens with one attached hydrogen (secondary N) is 2. The highest BCUT2D eigenvalue weighted by atomic mass is 32.2. The molecule has 0 bridgehead atoms. The molecule has 10 nitrogen and oxygen atoms in total. The van der Waals surface area contributed by atoms with Gasteiger partial charge in [0.15, 0.2) is 0 Å². The summed E-state index contributed by atoms with van der Waals surface area (Å²) in [4.78, 5) is 31.1. The lowest BCUT2D eigenvalue weighted by molar-refractivity contribution is 0.415. The van der Waals surface area contributed by atoms with E-state index in [1.165, 1.54) is 25.3 Å². The van der Waals surface area contributed by atoms with Crippen molar-refractivity contribution in [1.29, 1.82) is 0 Å². The highest BCUT2D eigenvalue weighted by molar-refractivity contribution is 7.92. The van der Waals surface area contributed by atoms with E-state index >= 15 is 0 Å². The lowest BCUT2D eigenvalue weighted by Crippen LogP contribution is -2.31. The van der Waals surface area contributed by atoms with Gasteiger partial charge in [-0.05, 0) is 55.8 Å². The number of aryl methyl sites for hydroxylation is 2. The van der Waals surface area contributed by atoms with Crippen molar-refractivity contribution < 1.29 is 18.3 Å². The van der Waals surface area contributed by atoms with Gasteiger partial charge in [0.25, 0.3) is 15.6 Å². The van der Waals surface area contributed by atoms with Crippen LogP contribution in [-0.2, 0) is 10.0 Å². The summed E-state index contributed by atoms with van der Waals surface area (Å²) in [5, 5.41) is 10.7. The number of aromatic hydroxyl groups is 1. The van der Waals surface area contributed by atoms with Crippen LogP contribution >= 0.6 is 0 Å². The first-order valence-corrected chi connectivity index (χ1v) is 12.5. The molecule has 0 saturated carbocycles. The van der Waals surface area contributed by atoms with E-state index < -0.39 is 27.2 Å². The number of ether oxygens (including phenoxy) is 1. The molecular weight excluding hydrogens is 496 g/mol. The van der Waals surface area contributed by atoms with Crippen LogP contribution in [0.3, 0.4) is 0 Å². The molecule has 0 fully saturated rings. The maximum atomic E-state index is 12.9. The molecule has 0 unspecified atom stereocenters. The number of methoxy groups -OCH3 is 1. The summed E-state index contributed by atoms with van der Waals surface area (Å²) >= 11 is 0. The summed E-state index contributed by atoms with van der Waals surface area (Å²) in [5.74, 6) is -0.479. The van der Waals surface area contributed by atoms with Crippen molar-refractivity contribution >= 4 is 27.6 Å². The Kier molecular flexibility index (Phi) is 6.98. The Labute approximate surface area is 212 Å². The van der Waals surface area contributed by atoms with E-state index in [1.807, 2.05) is 19.9 Å². The Hall–Kier alpha value is -4.64. The summed E-state index contributed by atoms with van der Waals surface area (Å²) in [6, 6.07) is 17.7. The van der Waals surface area contributed by atoms with Gasteiger partial charge in [0.05, 0.1) is 17.7 Å². The van der Waals surface area contributed by atoms with Crippen LogP contribution in [0, 0.1) is 13.8 Å². The Balaban J connectivity index is 1.69. The summed E-state index contributed by atoms with van der Waals surface area (Å²) in [6.07, 6.45) is 1.08. The molecule has 11 heteroatoms. The van der Waals surface area contributed by atoms with Crippen molar-refractivity contribution in [3.8, 4) is 17.3 Å². The fourth-order valence-electron chi connectivity index (χ4n) is 3.58. The van der Waals surface area contributed by atoms with E-state index in [2.05, 4.69) is 14.7 Å². The maximum absolute atomic E-state index is 12.9. The third kappa shape index (κ3) is 5.46. The number of sulfonamides is 1. The number of hydrogen-bond acceptors (Lipinski definition) is 7. The van der Waals surface area contributed by atoms with Gasteiger partial charge in [-0.25, -0.2) is 17.8 Å². The number of aliphatic imine (C=N–C) groups is 1. The average molecular weight is 521 g/mol. The van der Waals surface area contributed by atoms with Crippen LogP contribution in [0.1, 0.15) is 16.7 Å². The van der Waals surface area contributed by atoms with Crippen LogP contribution in [0.2, 0.25) is 0 Å². The molecule has 4 aromatic rings. The van der Waals surface area contributed by atoms with Crippen LogP contribution in [0.5, 0.6) is 11.6 Å². The molecule has 0 radical (unpaired) electrons. The molecule has 0 atom stereocenters. The number of hydrogen-bond donors (Lipinski definition) is 3. The Bertz CT molecular complexity index is 1720. The van der Waals surface area contributed by atoms with Crippen LogP contribution in [0.25, 0.3) is 5.69 Å². The molecule has 37 heavy (non-hydrogen) atoms. The molecule has 1 aromatic heterocycles. The molecular formula is C26H24N4O6S. The zero-order chi connectivity index (χ0) is 26.7. The molecule has 1 heterocycles. The second-order valence-electron chi connectivity index (χ2n) is 8.23. The van der Waals surface area contributed by atoms with E-state index in [0.29, 0.717) is 11.4 Å². The second kappa shape index (κ2) is 10.2. The number of anilines is 1. The minimum Gasteiger partial charge on any atom is -0.494 e. The van der Waals surface area contributed by atoms with Gasteiger partial charge in [0.1, 0.15) is 17.0 Å². The van der Waals surface area contributed by atoms with Gasteiger partial charge in [-0.2, -0.15) is 0 Å². The minimum atomic E-state index is -3.92. The van der Waals surface area contributed by atoms with Gasteiger partial charge in [0.2, 0.25) is 5.88 Å². The third-order valence-corrected chi connectivity index (χ3v) is 6.86. The Morgan fingerprint density at radius 3 is 2.41 bits per heavy atom. The minimum absolute atomic E-state index is 0.0570. The maximum Gasteiger partial charge on any atom is 0.335 e. The van der Waals surface area contributed by atoms with E-state index in [-0.39, 0.29) is 21.9 Å². The monoisotopic (exact) mass is 520 g/mol. The fourth-order valence-corrected chi connectivity index (χ4v) is 4.64. The van der Waals surface area contributed by atoms with Crippen LogP contribution < -0.4 is 20.7 Å². The summed E-state index contributed by atoms with van der Waals surface area (Å²) in [5.41, 5.74) is 0.908. The molecule has 4 rings (SSSR count). The lowest BCUT2D eigenvalue weighted by Gasteiger charge is -2.11. The van der Waals surface area contributed by atoms with Gasteiger partial charge < -0.3 is 9.84 Å². The van der Waals surface area contributed by atoms with Gasteiger partial charge in [-0.15, -0.1) is 0 Å². The smallest absolute Gasteiger partial charge is 0.335 e. The van der Waals surface area contributed by atoms with E-state index in [4.69, 9.17) is 4.74 Å². The van der Waals surface area contributed by atoms with Crippen molar-refractivity contribution in [2.75, 3.05) is 11.8 Å². The van der Waals surface area contributed by atoms with E-state index in [1.54, 1.807) is 42.5 Å². The lowest BCUT2D eigenvalue weighted by atomic mass is 10.2. The van der Waals surface area contributed by atoms with Gasteiger partial charge >= 0.3 is 5.69 Å². The molecule has 0 spiro atoms. The van der Waals surface area contributed by atoms with Crippen LogP contribution in [0.15, 0.2) is 86.2 Å². The molecule has 0 saturated heterocycles. The van der Waals surface area contributed by atoms with E-state index in [9.17, 15) is 23.1 Å². The highest BCUT2D eigenvalue weighted by Crippen LogP contribution is 2.31. The summed E-state index contributed by atoms with van der Waals surface area (Å²) in [6.45, 7) is 3.73. The van der Waals surface area contributed by atoms with Crippen molar-refractivity contribution in [2.24, 2.45) is 4.99 Å². The molecule has 0 amide bonds. The molecule has 0 aliphatic rings. The standard InChI is InChI=1S/C26H24N4O6S/c1-16-7-9-19(10-8-16)30-25(32)21(24(31)28-26(30)33)15-27-22-12-11-20(14-23(22)36-3)37(34,35)29-18-6-4-5-17(2)13-18/h4-15,29,32H,1-3H3,(H,28,31,33). The molecule has 0 aliphatic carbocycles. The number of rotatable bonds is 7. The first-order chi connectivity index (χ1) is 17.6. The predicted octanol–water partition coefficient (Wildman–Crippen LogP) is 3.41. The van der Waals surface area contributed by atoms with Gasteiger partial charge in [0, 0.05) is 18.0 Å². The summed E-state index contributed by atoms with van der Waals surface area (Å²) < 4.78 is 34.5. The number of H-pyrrole nitrogens is 1. The molecule has 0 aliphatic heterocycles. The van der Waals surface area contributed by atoms with E-state index in [0.717, 1.165) is 21.9 Å². The zero-order valence-corrected chi connectivity index (χ0v) is 21.0. The Morgan fingerprint density at radius 2 is 1.73 bits per heavy atom. The topological polar surface area (TPSA) is 143 Å². The zero-order valence-electron chi connectivity index (χ0n) is 20.2. The quantitative estimate of drug-likeness (QED) is 0.319. The normalized spacial score (nSPS) is 11.5. The second-order valence-corrected chi connectivity index (χ2v) is 9.92. The summed E-state index contributed by atoms with van der Waals surface area (Å²) in [7, 11) is -2.57. The first-order valence-electron chi connectivity index (χ1n) is 11.1. The predicted molar refractivity (Wildman–Crippen MR) is 141 cm³/mol. The SMILES string of the molecule is COc1cc(S(=O)(=O)Nc2cccc(C)c2)ccc1N=Cc1c(O)n(-c2ccc(C)cc2)c(=O)[nH]c1=O. The largest absolute Gasteiger partial charge is 0.494 e. The number of nitrogens with zero attached hydrogens (tertiary/aromatic N) is 2. The van der Waals surface area contributed by atoms with Crippen LogP contribution in [0.4, 0.5) is 11.4 Å². The van der Waals surface area contributed by atoms with Crippen molar-refractivity contribution in [3.63, 3.8) is 0 Å². The molecule has 190 valence electrons. The van der Waals surface area contributed by atoms with Gasteiger partial charge in [-0.1, -0.05) is 29.8 Å². The molecule has 3 N–H and O–H groups in total. The Morgan fingerprint density at radius 1 is 1.00 bits per heavy atom. The van der Waals surface area contributed by atoms with Crippen molar-refractivity contribution in [3.05, 3.63) is 104 Å².